The summed E-state index contributed by atoms with van der Waals surface area (Å²) in [6, 6.07) is 5.25. The van der Waals surface area contributed by atoms with Crippen LogP contribution in [0.15, 0.2) is 18.2 Å². The van der Waals surface area contributed by atoms with E-state index in [4.69, 9.17) is 11.6 Å². The molecule has 1 unspecified atom stereocenters. The van der Waals surface area contributed by atoms with Crippen molar-refractivity contribution in [3.05, 3.63) is 38.9 Å². The molecule has 0 saturated carbocycles. The number of benzene rings is 1. The van der Waals surface area contributed by atoms with Gasteiger partial charge in [-0.25, -0.2) is 0 Å². The largest absolute Gasteiger partial charge is 0.313 e. The van der Waals surface area contributed by atoms with Crippen LogP contribution in [0.4, 0.5) is 5.69 Å². The molecule has 2 rings (SSSR count). The summed E-state index contributed by atoms with van der Waals surface area (Å²) in [5.74, 6) is 0. The van der Waals surface area contributed by atoms with Crippen LogP contribution in [0.5, 0.6) is 0 Å². The van der Waals surface area contributed by atoms with Crippen LogP contribution in [0, 0.1) is 10.1 Å². The third-order valence-corrected chi connectivity index (χ3v) is 3.96. The second-order valence-electron chi connectivity index (χ2n) is 5.15. The number of nitrogens with one attached hydrogen (secondary N) is 1. The van der Waals surface area contributed by atoms with Gasteiger partial charge < -0.3 is 5.32 Å². The zero-order chi connectivity index (χ0) is 14.5. The van der Waals surface area contributed by atoms with Crippen LogP contribution in [0.25, 0.3) is 0 Å². The van der Waals surface area contributed by atoms with Crippen LogP contribution < -0.4 is 5.32 Å². The highest BCUT2D eigenvalue weighted by Gasteiger charge is 2.20. The Balaban J connectivity index is 2.09. The Kier molecular flexibility index (Phi) is 5.34. The monoisotopic (exact) mass is 297 g/mol. The minimum atomic E-state index is -0.340. The molecule has 0 aromatic heterocycles. The normalized spacial score (nSPS) is 18.6. The topological polar surface area (TPSA) is 58.4 Å². The molecule has 5 nitrogen and oxygen atoms in total. The molecule has 1 N–H and O–H groups in total. The summed E-state index contributed by atoms with van der Waals surface area (Å²) in [6.45, 7) is 5.48. The summed E-state index contributed by atoms with van der Waals surface area (Å²) in [4.78, 5) is 13.0. The highest BCUT2D eigenvalue weighted by molar-refractivity contribution is 6.30. The quantitative estimate of drug-likeness (QED) is 0.648. The molecular formula is C14H20ClN3O2. The van der Waals surface area contributed by atoms with E-state index in [9.17, 15) is 10.1 Å². The summed E-state index contributed by atoms with van der Waals surface area (Å²) in [5, 5.41) is 15.1. The predicted octanol–water partition coefficient (Wildman–Crippen LogP) is 2.82. The van der Waals surface area contributed by atoms with Crippen LogP contribution in [0.1, 0.15) is 25.3 Å². The van der Waals surface area contributed by atoms with Crippen molar-refractivity contribution < 1.29 is 4.92 Å². The minimum absolute atomic E-state index is 0.146. The van der Waals surface area contributed by atoms with Crippen molar-refractivity contribution in [2.45, 2.75) is 32.4 Å². The molecule has 1 saturated heterocycles. The Bertz CT molecular complexity index is 475. The zero-order valence-corrected chi connectivity index (χ0v) is 12.4. The van der Waals surface area contributed by atoms with Gasteiger partial charge in [-0.2, -0.15) is 0 Å². The fourth-order valence-corrected chi connectivity index (χ4v) is 2.82. The Morgan fingerprint density at radius 2 is 2.35 bits per heavy atom. The molecule has 0 spiro atoms. The van der Waals surface area contributed by atoms with E-state index in [0.717, 1.165) is 19.6 Å². The van der Waals surface area contributed by atoms with Gasteiger partial charge in [0.15, 0.2) is 0 Å². The molecule has 0 amide bonds. The molecule has 1 aromatic rings. The first kappa shape index (κ1) is 15.2. The molecular weight excluding hydrogens is 278 g/mol. The Hall–Kier alpha value is -1.17. The van der Waals surface area contributed by atoms with Gasteiger partial charge in [0, 0.05) is 35.8 Å². The van der Waals surface area contributed by atoms with Crippen LogP contribution in [0.2, 0.25) is 5.02 Å². The number of nitrogens with zero attached hydrogens (tertiary/aromatic N) is 2. The van der Waals surface area contributed by atoms with Crippen molar-refractivity contribution in [1.82, 2.24) is 10.2 Å². The van der Waals surface area contributed by atoms with E-state index < -0.39 is 0 Å². The lowest BCUT2D eigenvalue weighted by Gasteiger charge is -2.24. The molecule has 0 bridgehead atoms. The number of hydrogen-bond donors (Lipinski definition) is 1. The van der Waals surface area contributed by atoms with E-state index in [2.05, 4.69) is 17.1 Å². The van der Waals surface area contributed by atoms with E-state index in [1.807, 2.05) is 0 Å². The smallest absolute Gasteiger partial charge is 0.273 e. The van der Waals surface area contributed by atoms with Crippen molar-refractivity contribution >= 4 is 17.3 Å². The molecule has 1 aromatic carbocycles. The van der Waals surface area contributed by atoms with Gasteiger partial charge in [-0.15, -0.1) is 0 Å². The fraction of sp³-hybridized carbons (Fsp3) is 0.571. The molecule has 20 heavy (non-hydrogen) atoms. The van der Waals surface area contributed by atoms with Crippen molar-refractivity contribution in [2.75, 3.05) is 19.6 Å². The van der Waals surface area contributed by atoms with Gasteiger partial charge in [0.2, 0.25) is 0 Å². The van der Waals surface area contributed by atoms with E-state index in [1.54, 1.807) is 12.1 Å². The number of nitro benzene ring substituents is 1. The number of likely N-dealkylation sites (N-methyl/N-ethyl adjacent to an activating group) is 1. The van der Waals surface area contributed by atoms with Crippen LogP contribution in [-0.2, 0) is 6.54 Å². The van der Waals surface area contributed by atoms with Crippen LogP contribution in [-0.4, -0.2) is 35.5 Å². The van der Waals surface area contributed by atoms with Gasteiger partial charge in [0.05, 0.1) is 4.92 Å². The second kappa shape index (κ2) is 7.02. The molecule has 1 heterocycles. The Morgan fingerprint density at radius 3 is 2.95 bits per heavy atom. The van der Waals surface area contributed by atoms with Gasteiger partial charge in [0.25, 0.3) is 5.69 Å². The van der Waals surface area contributed by atoms with E-state index >= 15 is 0 Å². The van der Waals surface area contributed by atoms with Crippen molar-refractivity contribution in [2.24, 2.45) is 0 Å². The zero-order valence-electron chi connectivity index (χ0n) is 11.6. The van der Waals surface area contributed by atoms with Crippen LogP contribution >= 0.6 is 11.6 Å². The lowest BCUT2D eigenvalue weighted by atomic mass is 10.1. The summed E-state index contributed by atoms with van der Waals surface area (Å²) >= 11 is 5.96. The van der Waals surface area contributed by atoms with Crippen molar-refractivity contribution in [3.8, 4) is 0 Å². The maximum absolute atomic E-state index is 11.1. The third-order valence-electron chi connectivity index (χ3n) is 3.72. The highest BCUT2D eigenvalue weighted by atomic mass is 35.5. The van der Waals surface area contributed by atoms with E-state index in [1.165, 1.54) is 18.9 Å². The number of hydrogen-bond acceptors (Lipinski definition) is 4. The maximum atomic E-state index is 11.1. The van der Waals surface area contributed by atoms with E-state index in [-0.39, 0.29) is 10.6 Å². The molecule has 6 heteroatoms. The van der Waals surface area contributed by atoms with Gasteiger partial charge in [0.1, 0.15) is 0 Å². The van der Waals surface area contributed by atoms with Gasteiger partial charge in [-0.1, -0.05) is 18.5 Å². The second-order valence-corrected chi connectivity index (χ2v) is 5.59. The number of halogens is 1. The van der Waals surface area contributed by atoms with Gasteiger partial charge in [-0.3, -0.25) is 15.0 Å². The molecule has 0 aliphatic carbocycles. The van der Waals surface area contributed by atoms with Crippen molar-refractivity contribution in [1.29, 1.82) is 0 Å². The summed E-state index contributed by atoms with van der Waals surface area (Å²) in [5.41, 5.74) is 0.828. The SMILES string of the molecule is CCN(Cc1cc(Cl)ccc1[N+](=O)[O-])CC1CCCN1. The lowest BCUT2D eigenvalue weighted by Crippen LogP contribution is -2.37. The summed E-state index contributed by atoms with van der Waals surface area (Å²) < 4.78 is 0. The number of nitro groups is 1. The molecule has 1 aliphatic rings. The highest BCUT2D eigenvalue weighted by Crippen LogP contribution is 2.24. The molecule has 1 aliphatic heterocycles. The van der Waals surface area contributed by atoms with Crippen LogP contribution in [0.3, 0.4) is 0 Å². The lowest BCUT2D eigenvalue weighted by molar-refractivity contribution is -0.385. The first-order chi connectivity index (χ1) is 9.60. The molecule has 0 radical (unpaired) electrons. The third kappa shape index (κ3) is 3.91. The van der Waals surface area contributed by atoms with E-state index in [0.29, 0.717) is 23.2 Å². The summed E-state index contributed by atoms with van der Waals surface area (Å²) in [7, 11) is 0. The standard InChI is InChI=1S/C14H20ClN3O2/c1-2-17(10-13-4-3-7-16-13)9-11-8-12(15)5-6-14(11)18(19)20/h5-6,8,13,16H,2-4,7,9-10H2,1H3. The molecule has 110 valence electrons. The first-order valence-electron chi connectivity index (χ1n) is 6.98. The van der Waals surface area contributed by atoms with Crippen molar-refractivity contribution in [3.63, 3.8) is 0 Å². The maximum Gasteiger partial charge on any atom is 0.273 e. The average molecular weight is 298 g/mol. The van der Waals surface area contributed by atoms with Gasteiger partial charge in [-0.05, 0) is 38.1 Å². The first-order valence-corrected chi connectivity index (χ1v) is 7.36. The average Bonchev–Trinajstić information content (AvgIpc) is 2.90. The Labute approximate surface area is 124 Å². The minimum Gasteiger partial charge on any atom is -0.313 e. The summed E-state index contributed by atoms with van der Waals surface area (Å²) in [6.07, 6.45) is 2.38. The predicted molar refractivity (Wildman–Crippen MR) is 80.1 cm³/mol. The van der Waals surface area contributed by atoms with Gasteiger partial charge >= 0.3 is 0 Å². The molecule has 1 atom stereocenters. The number of rotatable bonds is 6. The fourth-order valence-electron chi connectivity index (χ4n) is 2.63. The molecule has 1 fully saturated rings. The Morgan fingerprint density at radius 1 is 1.55 bits per heavy atom.